The maximum atomic E-state index is 13.9. The standard InChI is InChI=1S/C30H37N9O5S2/c1-19(2)18-24(40)27(46-30-34-35-36-38(30)20-8-4-3-5-9-20)33-26(42)23-11-6-16-37-25(41)13-12-22(28(43)39(23)37)32-29(44)31-15-14-21-10-7-17-45-21/h3-5,7-10,17,19,22-23,27H,6,11-16,18H2,1-2H3,(H,33,42)(H2,31,32,44)/t22?,23-,27?/m0/s1. The normalized spacial score (nSPS) is 18.9. The van der Waals surface area contributed by atoms with E-state index in [0.29, 0.717) is 30.2 Å². The summed E-state index contributed by atoms with van der Waals surface area (Å²) in [5.41, 5.74) is 0.682. The number of para-hydroxylation sites is 1. The number of ketones is 1. The summed E-state index contributed by atoms with van der Waals surface area (Å²) in [5, 5.41) is 23.9. The van der Waals surface area contributed by atoms with E-state index < -0.39 is 35.3 Å². The van der Waals surface area contributed by atoms with Crippen molar-refractivity contribution in [2.24, 2.45) is 5.92 Å². The molecule has 3 aromatic rings. The number of thiophene rings is 1. The topological polar surface area (TPSA) is 172 Å². The van der Waals surface area contributed by atoms with Crippen LogP contribution in [0.25, 0.3) is 5.69 Å². The van der Waals surface area contributed by atoms with Crippen LogP contribution in [-0.4, -0.2) is 90.3 Å². The number of carbonyl (C=O) groups excluding carboxylic acids is 5. The van der Waals surface area contributed by atoms with Crippen molar-refractivity contribution in [3.63, 3.8) is 0 Å². The fraction of sp³-hybridized carbons (Fsp3) is 0.467. The van der Waals surface area contributed by atoms with E-state index in [4.69, 9.17) is 0 Å². The van der Waals surface area contributed by atoms with Gasteiger partial charge in [0.2, 0.25) is 17.0 Å². The number of nitrogens with zero attached hydrogens (tertiary/aromatic N) is 6. The summed E-state index contributed by atoms with van der Waals surface area (Å²) >= 11 is 2.60. The number of hydrazine groups is 1. The number of rotatable bonds is 12. The SMILES string of the molecule is CC(C)CC(=O)C(NC(=O)[C@@H]1CCCN2C(=O)CCC(NC(=O)NCCc3cccs3)C(=O)N12)Sc1nnnn1-c1ccccc1. The molecule has 3 N–H and O–H groups in total. The predicted molar refractivity (Wildman–Crippen MR) is 171 cm³/mol. The first-order valence-electron chi connectivity index (χ1n) is 15.2. The summed E-state index contributed by atoms with van der Waals surface area (Å²) in [6.45, 7) is 4.46. The molecular weight excluding hydrogens is 631 g/mol. The van der Waals surface area contributed by atoms with Crippen LogP contribution in [0.4, 0.5) is 4.79 Å². The zero-order valence-electron chi connectivity index (χ0n) is 25.6. The van der Waals surface area contributed by atoms with E-state index in [1.165, 1.54) is 14.7 Å². The van der Waals surface area contributed by atoms with Gasteiger partial charge in [-0.05, 0) is 65.6 Å². The minimum atomic E-state index is -1.06. The number of hydrogen-bond donors (Lipinski definition) is 3. The number of tetrazole rings is 1. The van der Waals surface area contributed by atoms with Crippen LogP contribution >= 0.6 is 23.1 Å². The largest absolute Gasteiger partial charge is 0.338 e. The molecule has 5 rings (SSSR count). The summed E-state index contributed by atoms with van der Waals surface area (Å²) in [7, 11) is 0. The predicted octanol–water partition coefficient (Wildman–Crippen LogP) is 2.31. The number of thioether (sulfide) groups is 1. The summed E-state index contributed by atoms with van der Waals surface area (Å²) < 4.78 is 1.48. The lowest BCUT2D eigenvalue weighted by Gasteiger charge is -2.43. The molecule has 46 heavy (non-hydrogen) atoms. The maximum absolute atomic E-state index is 13.9. The van der Waals surface area contributed by atoms with Gasteiger partial charge in [0.25, 0.3) is 5.91 Å². The van der Waals surface area contributed by atoms with Crippen molar-refractivity contribution in [2.75, 3.05) is 13.1 Å². The number of hydrogen-bond acceptors (Lipinski definition) is 10. The Hall–Kier alpha value is -4.31. The van der Waals surface area contributed by atoms with Crippen LogP contribution in [0.15, 0.2) is 53.0 Å². The quantitative estimate of drug-likeness (QED) is 0.194. The maximum Gasteiger partial charge on any atom is 0.315 e. The molecule has 0 saturated carbocycles. The van der Waals surface area contributed by atoms with Gasteiger partial charge in [0.05, 0.1) is 5.69 Å². The van der Waals surface area contributed by atoms with E-state index in [9.17, 15) is 24.0 Å². The molecule has 14 nitrogen and oxygen atoms in total. The lowest BCUT2D eigenvalue weighted by atomic mass is 10.0. The lowest BCUT2D eigenvalue weighted by molar-refractivity contribution is -0.176. The van der Waals surface area contributed by atoms with Crippen LogP contribution in [0.2, 0.25) is 0 Å². The molecule has 0 aliphatic carbocycles. The Balaban J connectivity index is 1.31. The molecule has 0 radical (unpaired) electrons. The molecule has 1 aromatic carbocycles. The first-order valence-corrected chi connectivity index (χ1v) is 17.0. The van der Waals surface area contributed by atoms with Gasteiger partial charge in [-0.1, -0.05) is 49.9 Å². The van der Waals surface area contributed by atoms with E-state index in [0.717, 1.165) is 16.6 Å². The summed E-state index contributed by atoms with van der Waals surface area (Å²) in [6, 6.07) is 10.5. The average Bonchev–Trinajstić information content (AvgIpc) is 3.72. The van der Waals surface area contributed by atoms with Crippen LogP contribution in [0, 0.1) is 5.92 Å². The van der Waals surface area contributed by atoms with Crippen LogP contribution < -0.4 is 16.0 Å². The second-order valence-corrected chi connectivity index (χ2v) is 13.6. The summed E-state index contributed by atoms with van der Waals surface area (Å²) in [5.74, 6) is -1.65. The number of nitrogens with one attached hydrogen (secondary N) is 3. The average molecular weight is 668 g/mol. The van der Waals surface area contributed by atoms with Gasteiger partial charge >= 0.3 is 6.03 Å². The van der Waals surface area contributed by atoms with Crippen molar-refractivity contribution in [1.29, 1.82) is 0 Å². The lowest BCUT2D eigenvalue weighted by Crippen LogP contribution is -2.64. The number of urea groups is 1. The van der Waals surface area contributed by atoms with Gasteiger partial charge in [0, 0.05) is 30.8 Å². The molecule has 2 aromatic heterocycles. The van der Waals surface area contributed by atoms with E-state index in [1.54, 1.807) is 11.3 Å². The van der Waals surface area contributed by atoms with Crippen LogP contribution in [-0.2, 0) is 25.6 Å². The van der Waals surface area contributed by atoms with Gasteiger partial charge in [0.15, 0.2) is 5.78 Å². The highest BCUT2D eigenvalue weighted by Gasteiger charge is 2.45. The molecule has 244 valence electrons. The zero-order valence-corrected chi connectivity index (χ0v) is 27.3. The van der Waals surface area contributed by atoms with Gasteiger partial charge in [-0.15, -0.1) is 16.4 Å². The van der Waals surface area contributed by atoms with Crippen molar-refractivity contribution >= 4 is 52.6 Å². The highest BCUT2D eigenvalue weighted by Crippen LogP contribution is 2.28. The Kier molecular flexibility index (Phi) is 11.0. The molecule has 3 atom stereocenters. The second-order valence-electron chi connectivity index (χ2n) is 11.5. The highest BCUT2D eigenvalue weighted by molar-refractivity contribution is 8.00. The highest BCUT2D eigenvalue weighted by atomic mass is 32.2. The monoisotopic (exact) mass is 667 g/mol. The first kappa shape index (κ1) is 33.1. The minimum absolute atomic E-state index is 0.0240. The zero-order chi connectivity index (χ0) is 32.6. The number of aromatic nitrogens is 4. The molecule has 0 bridgehead atoms. The Morgan fingerprint density at radius 2 is 1.89 bits per heavy atom. The Morgan fingerprint density at radius 3 is 2.63 bits per heavy atom. The molecule has 2 fully saturated rings. The van der Waals surface area contributed by atoms with E-state index >= 15 is 0 Å². The molecule has 2 saturated heterocycles. The van der Waals surface area contributed by atoms with Crippen LogP contribution in [0.3, 0.4) is 0 Å². The van der Waals surface area contributed by atoms with E-state index in [-0.39, 0.29) is 49.8 Å². The Morgan fingerprint density at radius 1 is 1.09 bits per heavy atom. The molecule has 5 amide bonds. The van der Waals surface area contributed by atoms with Crippen LogP contribution in [0.5, 0.6) is 0 Å². The number of carbonyl (C=O) groups is 5. The van der Waals surface area contributed by atoms with Gasteiger partial charge in [-0.2, -0.15) is 4.68 Å². The van der Waals surface area contributed by atoms with E-state index in [2.05, 4.69) is 31.5 Å². The van der Waals surface area contributed by atoms with Crippen molar-refractivity contribution in [2.45, 2.75) is 75.0 Å². The summed E-state index contributed by atoms with van der Waals surface area (Å²) in [6.07, 6.45) is 1.74. The molecule has 2 aliphatic heterocycles. The van der Waals surface area contributed by atoms with Gasteiger partial charge in [-0.25, -0.2) is 9.80 Å². The summed E-state index contributed by atoms with van der Waals surface area (Å²) in [4.78, 5) is 68.2. The van der Waals surface area contributed by atoms with Gasteiger partial charge in [0.1, 0.15) is 17.5 Å². The fourth-order valence-corrected chi connectivity index (χ4v) is 7.02. The third kappa shape index (κ3) is 8.09. The molecule has 2 unspecified atom stereocenters. The number of benzene rings is 1. The third-order valence-corrected chi connectivity index (χ3v) is 9.56. The minimum Gasteiger partial charge on any atom is -0.338 e. The smallest absolute Gasteiger partial charge is 0.315 e. The first-order chi connectivity index (χ1) is 22.2. The molecular formula is C30H37N9O5S2. The number of amides is 5. The van der Waals surface area contributed by atoms with Crippen molar-refractivity contribution in [1.82, 2.24) is 46.2 Å². The molecule has 16 heteroatoms. The van der Waals surface area contributed by atoms with Crippen molar-refractivity contribution in [3.8, 4) is 5.69 Å². The Labute approximate surface area is 274 Å². The third-order valence-electron chi connectivity index (χ3n) is 7.55. The fourth-order valence-electron chi connectivity index (χ4n) is 5.37. The molecule has 2 aliphatic rings. The number of Topliss-reactive ketones (excluding diaryl/α,β-unsaturated/α-hetero) is 1. The molecule has 0 spiro atoms. The Bertz CT molecular complexity index is 1530. The van der Waals surface area contributed by atoms with Gasteiger partial charge < -0.3 is 16.0 Å². The van der Waals surface area contributed by atoms with Crippen molar-refractivity contribution < 1.29 is 24.0 Å². The van der Waals surface area contributed by atoms with E-state index in [1.807, 2.05) is 61.7 Å². The van der Waals surface area contributed by atoms with Crippen molar-refractivity contribution in [3.05, 3.63) is 52.7 Å². The molecule has 4 heterocycles. The second kappa shape index (κ2) is 15.3. The number of fused-ring (bicyclic) bond motifs is 1. The van der Waals surface area contributed by atoms with Gasteiger partial charge in [-0.3, -0.25) is 24.2 Å². The van der Waals surface area contributed by atoms with Crippen LogP contribution in [0.1, 0.15) is 50.8 Å².